The monoisotopic (exact) mass is 247 g/mol. The van der Waals surface area contributed by atoms with Crippen molar-refractivity contribution in [3.63, 3.8) is 0 Å². The molecule has 3 rings (SSSR count). The summed E-state index contributed by atoms with van der Waals surface area (Å²) in [7, 11) is 1.68. The average molecular weight is 247 g/mol. The molecule has 1 aliphatic carbocycles. The molecule has 1 heterocycles. The number of rotatable bonds is 2. The molecule has 0 aromatic heterocycles. The predicted molar refractivity (Wildman–Crippen MR) is 70.9 cm³/mol. The van der Waals surface area contributed by atoms with E-state index in [1.807, 2.05) is 12.1 Å². The van der Waals surface area contributed by atoms with E-state index in [0.29, 0.717) is 6.04 Å². The van der Waals surface area contributed by atoms with Gasteiger partial charge in [0.2, 0.25) is 0 Å². The van der Waals surface area contributed by atoms with Crippen LogP contribution in [-0.4, -0.2) is 36.2 Å². The van der Waals surface area contributed by atoms with Gasteiger partial charge in [-0.05, 0) is 62.0 Å². The predicted octanol–water partition coefficient (Wildman–Crippen LogP) is 2.14. The first-order valence-electron chi connectivity index (χ1n) is 6.88. The minimum atomic E-state index is -0.359. The van der Waals surface area contributed by atoms with E-state index >= 15 is 0 Å². The third-order valence-electron chi connectivity index (χ3n) is 4.36. The largest absolute Gasteiger partial charge is 0.497 e. The molecular formula is C15H21NO2. The fourth-order valence-electron chi connectivity index (χ4n) is 3.33. The van der Waals surface area contributed by atoms with Gasteiger partial charge in [0.05, 0.1) is 13.2 Å². The van der Waals surface area contributed by atoms with Crippen molar-refractivity contribution in [2.45, 2.75) is 37.8 Å². The molecule has 0 saturated carbocycles. The molecule has 18 heavy (non-hydrogen) atoms. The van der Waals surface area contributed by atoms with Crippen LogP contribution < -0.4 is 4.74 Å². The Bertz CT molecular complexity index is 427. The molecule has 98 valence electrons. The van der Waals surface area contributed by atoms with Gasteiger partial charge in [0.1, 0.15) is 5.75 Å². The Morgan fingerprint density at radius 3 is 2.78 bits per heavy atom. The van der Waals surface area contributed by atoms with Crippen molar-refractivity contribution >= 4 is 0 Å². The zero-order valence-electron chi connectivity index (χ0n) is 10.9. The van der Waals surface area contributed by atoms with Crippen molar-refractivity contribution in [2.75, 3.05) is 20.2 Å². The molecule has 1 saturated heterocycles. The third-order valence-corrected chi connectivity index (χ3v) is 4.36. The highest BCUT2D eigenvalue weighted by Crippen LogP contribution is 2.36. The van der Waals surface area contributed by atoms with Crippen molar-refractivity contribution < 1.29 is 9.84 Å². The molecule has 1 fully saturated rings. The second kappa shape index (κ2) is 4.90. The number of nitrogens with zero attached hydrogens (tertiary/aromatic N) is 1. The Morgan fingerprint density at radius 1 is 1.28 bits per heavy atom. The van der Waals surface area contributed by atoms with Gasteiger partial charge in [0.15, 0.2) is 0 Å². The second-order valence-corrected chi connectivity index (χ2v) is 5.36. The molecule has 0 bridgehead atoms. The number of ether oxygens (including phenoxy) is 1. The van der Waals surface area contributed by atoms with E-state index in [0.717, 1.165) is 37.2 Å². The number of aliphatic hydroxyl groups excluding tert-OH is 1. The average Bonchev–Trinajstić information content (AvgIpc) is 2.93. The van der Waals surface area contributed by atoms with Crippen LogP contribution in [0.25, 0.3) is 0 Å². The third kappa shape index (κ3) is 2.02. The van der Waals surface area contributed by atoms with Crippen molar-refractivity contribution in [2.24, 2.45) is 0 Å². The Labute approximate surface area is 108 Å². The van der Waals surface area contributed by atoms with Gasteiger partial charge < -0.3 is 9.84 Å². The molecule has 2 aliphatic rings. The molecule has 3 nitrogen and oxygen atoms in total. The molecule has 1 aromatic rings. The van der Waals surface area contributed by atoms with Crippen LogP contribution in [0.5, 0.6) is 5.75 Å². The summed E-state index contributed by atoms with van der Waals surface area (Å²) < 4.78 is 5.26. The number of aryl methyl sites for hydroxylation is 1. The van der Waals surface area contributed by atoms with E-state index in [9.17, 15) is 5.11 Å². The lowest BCUT2D eigenvalue weighted by atomic mass is 9.85. The van der Waals surface area contributed by atoms with E-state index in [-0.39, 0.29) is 6.10 Å². The van der Waals surface area contributed by atoms with Gasteiger partial charge >= 0.3 is 0 Å². The highest BCUT2D eigenvalue weighted by atomic mass is 16.5. The van der Waals surface area contributed by atoms with E-state index in [2.05, 4.69) is 11.0 Å². The van der Waals surface area contributed by atoms with E-state index in [4.69, 9.17) is 4.74 Å². The zero-order chi connectivity index (χ0) is 12.5. The van der Waals surface area contributed by atoms with Gasteiger partial charge in [-0.3, -0.25) is 4.90 Å². The van der Waals surface area contributed by atoms with Crippen LogP contribution >= 0.6 is 0 Å². The highest BCUT2D eigenvalue weighted by molar-refractivity contribution is 5.39. The lowest BCUT2D eigenvalue weighted by molar-refractivity contribution is 0.0487. The molecule has 0 radical (unpaired) electrons. The molecule has 0 amide bonds. The number of fused-ring (bicyclic) bond motifs is 1. The summed E-state index contributed by atoms with van der Waals surface area (Å²) in [4.78, 5) is 2.45. The highest BCUT2D eigenvalue weighted by Gasteiger charge is 2.33. The van der Waals surface area contributed by atoms with Crippen molar-refractivity contribution in [3.05, 3.63) is 29.3 Å². The lowest BCUT2D eigenvalue weighted by Crippen LogP contribution is -2.40. The van der Waals surface area contributed by atoms with Crippen molar-refractivity contribution in [1.29, 1.82) is 0 Å². The van der Waals surface area contributed by atoms with Gasteiger partial charge in [-0.2, -0.15) is 0 Å². The molecular weight excluding hydrogens is 226 g/mol. The van der Waals surface area contributed by atoms with Gasteiger partial charge in [-0.15, -0.1) is 0 Å². The van der Waals surface area contributed by atoms with Gasteiger partial charge in [-0.25, -0.2) is 0 Å². The molecule has 3 heteroatoms. The van der Waals surface area contributed by atoms with Crippen LogP contribution in [0.4, 0.5) is 0 Å². The van der Waals surface area contributed by atoms with Crippen LogP contribution in [0, 0.1) is 0 Å². The summed E-state index contributed by atoms with van der Waals surface area (Å²) in [6.07, 6.45) is 4.32. The summed E-state index contributed by atoms with van der Waals surface area (Å²) in [5.74, 6) is 0.842. The fraction of sp³-hybridized carbons (Fsp3) is 0.600. The number of aliphatic hydroxyl groups is 1. The Balaban J connectivity index is 1.87. The number of hydrogen-bond acceptors (Lipinski definition) is 3. The van der Waals surface area contributed by atoms with E-state index in [1.165, 1.54) is 18.4 Å². The SMILES string of the molecule is COc1ccc2c(c1)C(O)C(N1CCCC1)CC2. The number of benzene rings is 1. The van der Waals surface area contributed by atoms with Gasteiger partial charge in [0.25, 0.3) is 0 Å². The lowest BCUT2D eigenvalue weighted by Gasteiger charge is -2.36. The fourth-order valence-corrected chi connectivity index (χ4v) is 3.33. The van der Waals surface area contributed by atoms with Gasteiger partial charge in [0, 0.05) is 6.04 Å². The smallest absolute Gasteiger partial charge is 0.119 e. The summed E-state index contributed by atoms with van der Waals surface area (Å²) in [5.41, 5.74) is 2.34. The summed E-state index contributed by atoms with van der Waals surface area (Å²) in [6, 6.07) is 6.38. The van der Waals surface area contributed by atoms with Gasteiger partial charge in [-0.1, -0.05) is 6.07 Å². The Morgan fingerprint density at radius 2 is 2.06 bits per heavy atom. The number of likely N-dealkylation sites (tertiary alicyclic amines) is 1. The molecule has 2 atom stereocenters. The first-order valence-corrected chi connectivity index (χ1v) is 6.88. The molecule has 2 unspecified atom stereocenters. The van der Waals surface area contributed by atoms with Crippen molar-refractivity contribution in [3.8, 4) is 5.75 Å². The number of hydrogen-bond donors (Lipinski definition) is 1. The van der Waals surface area contributed by atoms with Crippen LogP contribution in [0.2, 0.25) is 0 Å². The Hall–Kier alpha value is -1.06. The zero-order valence-corrected chi connectivity index (χ0v) is 10.9. The van der Waals surface area contributed by atoms with Crippen molar-refractivity contribution in [1.82, 2.24) is 4.90 Å². The molecule has 1 aromatic carbocycles. The maximum absolute atomic E-state index is 10.6. The van der Waals surface area contributed by atoms with Crippen LogP contribution in [0.15, 0.2) is 18.2 Å². The summed E-state index contributed by atoms with van der Waals surface area (Å²) in [5, 5.41) is 10.6. The molecule has 1 N–H and O–H groups in total. The minimum Gasteiger partial charge on any atom is -0.497 e. The topological polar surface area (TPSA) is 32.7 Å². The van der Waals surface area contributed by atoms with E-state index in [1.54, 1.807) is 7.11 Å². The van der Waals surface area contributed by atoms with E-state index < -0.39 is 0 Å². The van der Waals surface area contributed by atoms with Crippen LogP contribution in [-0.2, 0) is 6.42 Å². The first-order chi connectivity index (χ1) is 8.79. The standard InChI is InChI=1S/C15H21NO2/c1-18-12-6-4-11-5-7-14(15(17)13(11)10-12)16-8-2-3-9-16/h4,6,10,14-15,17H,2-3,5,7-9H2,1H3. The first kappa shape index (κ1) is 12.0. The minimum absolute atomic E-state index is 0.298. The molecule has 1 aliphatic heterocycles. The van der Waals surface area contributed by atoms with Crippen LogP contribution in [0.1, 0.15) is 36.5 Å². The maximum atomic E-state index is 10.6. The summed E-state index contributed by atoms with van der Waals surface area (Å²) in [6.45, 7) is 2.28. The van der Waals surface area contributed by atoms with Crippen LogP contribution in [0.3, 0.4) is 0 Å². The second-order valence-electron chi connectivity index (χ2n) is 5.36. The number of methoxy groups -OCH3 is 1. The maximum Gasteiger partial charge on any atom is 0.119 e. The molecule has 0 spiro atoms. The normalized spacial score (nSPS) is 28.1. The summed E-state index contributed by atoms with van der Waals surface area (Å²) >= 11 is 0. The quantitative estimate of drug-likeness (QED) is 0.869. The Kier molecular flexibility index (Phi) is 3.27.